The normalized spacial score (nSPS) is 17.0. The molecule has 1 unspecified atom stereocenters. The number of nitrogens with one attached hydrogen (secondary N) is 1. The third kappa shape index (κ3) is 4.24. The topological polar surface area (TPSA) is 69.6 Å². The highest BCUT2D eigenvalue weighted by molar-refractivity contribution is 5.94. The number of aliphatic carboxylic acids is 1. The minimum absolute atomic E-state index is 0.158. The maximum absolute atomic E-state index is 13.5. The van der Waals surface area contributed by atoms with Gasteiger partial charge >= 0.3 is 5.97 Å². The van der Waals surface area contributed by atoms with E-state index in [1.54, 1.807) is 4.90 Å². The molecule has 5 nitrogen and oxygen atoms in total. The van der Waals surface area contributed by atoms with Gasteiger partial charge in [-0.3, -0.25) is 14.5 Å². The van der Waals surface area contributed by atoms with Crippen LogP contribution in [0.2, 0.25) is 0 Å². The molecule has 1 fully saturated rings. The van der Waals surface area contributed by atoms with Gasteiger partial charge in [-0.15, -0.1) is 0 Å². The second-order valence-corrected chi connectivity index (χ2v) is 5.33. The van der Waals surface area contributed by atoms with Gasteiger partial charge in [0.25, 0.3) is 0 Å². The van der Waals surface area contributed by atoms with Crippen LogP contribution in [0.3, 0.4) is 0 Å². The fraction of sp³-hybridized carbons (Fsp3) is 0.467. The molecule has 120 valence electrons. The first-order valence-corrected chi connectivity index (χ1v) is 7.19. The highest BCUT2D eigenvalue weighted by Gasteiger charge is 2.29. The molecule has 2 N–H and O–H groups in total. The van der Waals surface area contributed by atoms with Crippen molar-refractivity contribution in [1.29, 1.82) is 0 Å². The van der Waals surface area contributed by atoms with E-state index >= 15 is 0 Å². The maximum atomic E-state index is 13.5. The lowest BCUT2D eigenvalue weighted by atomic mass is 10.1. The largest absolute Gasteiger partial charge is 0.480 e. The molecule has 7 heteroatoms. The van der Waals surface area contributed by atoms with E-state index in [2.05, 4.69) is 5.32 Å². The summed E-state index contributed by atoms with van der Waals surface area (Å²) in [5.74, 6) is -3.31. The van der Waals surface area contributed by atoms with Crippen molar-refractivity contribution in [3.63, 3.8) is 0 Å². The number of rotatable bonds is 5. The second kappa shape index (κ2) is 7.31. The van der Waals surface area contributed by atoms with Gasteiger partial charge in [0.05, 0.1) is 12.1 Å². The SMILES string of the molecule is O=C(CC(C(=O)O)N1CCCCC1)Nc1ccc(F)cc1F. The van der Waals surface area contributed by atoms with Crippen molar-refractivity contribution >= 4 is 17.6 Å². The van der Waals surface area contributed by atoms with Crippen molar-refractivity contribution in [2.75, 3.05) is 18.4 Å². The van der Waals surface area contributed by atoms with E-state index in [0.717, 1.165) is 31.4 Å². The minimum Gasteiger partial charge on any atom is -0.480 e. The minimum atomic E-state index is -1.07. The number of carboxylic acid groups (broad SMARTS) is 1. The van der Waals surface area contributed by atoms with Crippen molar-refractivity contribution in [3.8, 4) is 0 Å². The molecule has 2 rings (SSSR count). The quantitative estimate of drug-likeness (QED) is 0.875. The lowest BCUT2D eigenvalue weighted by Gasteiger charge is -2.31. The summed E-state index contributed by atoms with van der Waals surface area (Å²) in [6, 6.07) is 1.87. The molecule has 0 bridgehead atoms. The monoisotopic (exact) mass is 312 g/mol. The zero-order valence-electron chi connectivity index (χ0n) is 12.0. The number of carboxylic acids is 1. The molecule has 1 amide bonds. The number of carbonyl (C=O) groups excluding carboxylic acids is 1. The number of likely N-dealkylation sites (tertiary alicyclic amines) is 1. The first kappa shape index (κ1) is 16.4. The summed E-state index contributed by atoms with van der Waals surface area (Å²) in [5.41, 5.74) is -0.158. The predicted octanol–water partition coefficient (Wildman–Crippen LogP) is 2.23. The van der Waals surface area contributed by atoms with Crippen LogP contribution in [-0.4, -0.2) is 41.0 Å². The van der Waals surface area contributed by atoms with Gasteiger partial charge in [-0.05, 0) is 38.1 Å². The van der Waals surface area contributed by atoms with Gasteiger partial charge in [0, 0.05) is 6.07 Å². The van der Waals surface area contributed by atoms with E-state index in [1.807, 2.05) is 0 Å². The van der Waals surface area contributed by atoms with Crippen LogP contribution in [0.4, 0.5) is 14.5 Å². The zero-order chi connectivity index (χ0) is 16.1. The fourth-order valence-corrected chi connectivity index (χ4v) is 2.57. The van der Waals surface area contributed by atoms with Crippen LogP contribution in [0.5, 0.6) is 0 Å². The first-order chi connectivity index (χ1) is 10.5. The van der Waals surface area contributed by atoms with Gasteiger partial charge in [-0.25, -0.2) is 8.78 Å². The van der Waals surface area contributed by atoms with Gasteiger partial charge < -0.3 is 10.4 Å². The van der Waals surface area contributed by atoms with Gasteiger partial charge in [-0.1, -0.05) is 6.42 Å². The molecule has 1 aliphatic heterocycles. The summed E-state index contributed by atoms with van der Waals surface area (Å²) < 4.78 is 26.3. The van der Waals surface area contributed by atoms with Crippen LogP contribution in [0, 0.1) is 11.6 Å². The third-order valence-corrected chi connectivity index (χ3v) is 3.70. The summed E-state index contributed by atoms with van der Waals surface area (Å²) >= 11 is 0. The molecular formula is C15H18F2N2O3. The molecule has 1 aromatic rings. The van der Waals surface area contributed by atoms with Crippen molar-refractivity contribution in [2.24, 2.45) is 0 Å². The number of carbonyl (C=O) groups is 2. The van der Waals surface area contributed by atoms with Crippen LogP contribution in [-0.2, 0) is 9.59 Å². The number of hydrogen-bond acceptors (Lipinski definition) is 3. The molecule has 0 spiro atoms. The molecular weight excluding hydrogens is 294 g/mol. The third-order valence-electron chi connectivity index (χ3n) is 3.70. The standard InChI is InChI=1S/C15H18F2N2O3/c16-10-4-5-12(11(17)8-10)18-14(20)9-13(15(21)22)19-6-2-1-3-7-19/h4-5,8,13H,1-3,6-7,9H2,(H,18,20)(H,21,22). The van der Waals surface area contributed by atoms with Crippen molar-refractivity contribution < 1.29 is 23.5 Å². The number of hydrogen-bond donors (Lipinski definition) is 2. The van der Waals surface area contributed by atoms with E-state index in [4.69, 9.17) is 0 Å². The average molecular weight is 312 g/mol. The summed E-state index contributed by atoms with van der Waals surface area (Å²) in [6.07, 6.45) is 2.58. The molecule has 0 radical (unpaired) electrons. The van der Waals surface area contributed by atoms with Crippen LogP contribution >= 0.6 is 0 Å². The van der Waals surface area contributed by atoms with E-state index in [0.29, 0.717) is 19.2 Å². The Kier molecular flexibility index (Phi) is 5.43. The predicted molar refractivity (Wildman–Crippen MR) is 76.5 cm³/mol. The lowest BCUT2D eigenvalue weighted by Crippen LogP contribution is -2.45. The molecule has 1 heterocycles. The Morgan fingerprint density at radius 1 is 1.23 bits per heavy atom. The highest BCUT2D eigenvalue weighted by Crippen LogP contribution is 2.18. The number of amides is 1. The second-order valence-electron chi connectivity index (χ2n) is 5.33. The molecule has 1 aliphatic rings. The van der Waals surface area contributed by atoms with Gasteiger partial charge in [0.1, 0.15) is 17.7 Å². The van der Waals surface area contributed by atoms with Crippen LogP contribution in [0.25, 0.3) is 0 Å². The number of nitrogens with zero attached hydrogens (tertiary/aromatic N) is 1. The van der Waals surface area contributed by atoms with Gasteiger partial charge in [-0.2, -0.15) is 0 Å². The Balaban J connectivity index is 2.00. The Morgan fingerprint density at radius 3 is 2.50 bits per heavy atom. The molecule has 0 saturated carbocycles. The maximum Gasteiger partial charge on any atom is 0.321 e. The summed E-state index contributed by atoms with van der Waals surface area (Å²) in [7, 11) is 0. The smallest absolute Gasteiger partial charge is 0.321 e. The number of benzene rings is 1. The van der Waals surface area contributed by atoms with Crippen LogP contribution in [0.15, 0.2) is 18.2 Å². The summed E-state index contributed by atoms with van der Waals surface area (Å²) in [5, 5.41) is 11.6. The average Bonchev–Trinajstić information content (AvgIpc) is 2.48. The molecule has 0 aromatic heterocycles. The fourth-order valence-electron chi connectivity index (χ4n) is 2.57. The lowest BCUT2D eigenvalue weighted by molar-refractivity contribution is -0.145. The Morgan fingerprint density at radius 2 is 1.91 bits per heavy atom. The van der Waals surface area contributed by atoms with Crippen molar-refractivity contribution in [1.82, 2.24) is 4.90 Å². The summed E-state index contributed by atoms with van der Waals surface area (Å²) in [4.78, 5) is 25.1. The number of anilines is 1. The highest BCUT2D eigenvalue weighted by atomic mass is 19.1. The molecule has 1 saturated heterocycles. The molecule has 22 heavy (non-hydrogen) atoms. The Labute approximate surface area is 126 Å². The summed E-state index contributed by atoms with van der Waals surface area (Å²) in [6.45, 7) is 1.27. The van der Waals surface area contributed by atoms with Crippen molar-refractivity contribution in [2.45, 2.75) is 31.7 Å². The van der Waals surface area contributed by atoms with Gasteiger partial charge in [0.2, 0.25) is 5.91 Å². The van der Waals surface area contributed by atoms with Gasteiger partial charge in [0.15, 0.2) is 0 Å². The number of halogens is 2. The van der Waals surface area contributed by atoms with E-state index < -0.39 is 29.6 Å². The van der Waals surface area contributed by atoms with Crippen LogP contribution in [0.1, 0.15) is 25.7 Å². The number of piperidine rings is 1. The molecule has 0 aliphatic carbocycles. The van der Waals surface area contributed by atoms with Crippen molar-refractivity contribution in [3.05, 3.63) is 29.8 Å². The zero-order valence-corrected chi connectivity index (χ0v) is 12.0. The molecule has 1 atom stereocenters. The Bertz CT molecular complexity index is 560. The first-order valence-electron chi connectivity index (χ1n) is 7.19. The van der Waals surface area contributed by atoms with E-state index in [-0.39, 0.29) is 12.1 Å². The van der Waals surface area contributed by atoms with E-state index in [9.17, 15) is 23.5 Å². The van der Waals surface area contributed by atoms with Crippen LogP contribution < -0.4 is 5.32 Å². The molecule has 1 aromatic carbocycles. The Hall–Kier alpha value is -2.02. The van der Waals surface area contributed by atoms with E-state index in [1.165, 1.54) is 0 Å².